The Morgan fingerprint density at radius 1 is 1.18 bits per heavy atom. The van der Waals surface area contributed by atoms with E-state index in [1.54, 1.807) is 12.1 Å². The van der Waals surface area contributed by atoms with E-state index in [4.69, 9.17) is 9.47 Å². The van der Waals surface area contributed by atoms with Crippen LogP contribution in [-0.2, 0) is 9.47 Å². The highest BCUT2D eigenvalue weighted by atomic mass is 16.6. The molecule has 0 aliphatic rings. The standard InChI is InChI=1S/C18H29NO3/c1-4-6-11-19-17-9-7-16(8-10-17)18(20)22-13-12-21-14-15(3)5-2/h7-10,15,19H,4-6,11-14H2,1-3H3. The van der Waals surface area contributed by atoms with Gasteiger partial charge in [0.05, 0.1) is 12.2 Å². The highest BCUT2D eigenvalue weighted by Crippen LogP contribution is 2.11. The molecule has 1 atom stereocenters. The van der Waals surface area contributed by atoms with Gasteiger partial charge in [-0.3, -0.25) is 0 Å². The van der Waals surface area contributed by atoms with Gasteiger partial charge in [-0.05, 0) is 36.6 Å². The molecule has 0 spiro atoms. The summed E-state index contributed by atoms with van der Waals surface area (Å²) >= 11 is 0. The SMILES string of the molecule is CCCCNc1ccc(C(=O)OCCOCC(C)CC)cc1. The van der Waals surface area contributed by atoms with Crippen LogP contribution in [-0.4, -0.2) is 32.3 Å². The number of hydrogen-bond acceptors (Lipinski definition) is 4. The summed E-state index contributed by atoms with van der Waals surface area (Å²) in [6.45, 7) is 8.85. The lowest BCUT2D eigenvalue weighted by Gasteiger charge is -2.10. The van der Waals surface area contributed by atoms with Crippen LogP contribution >= 0.6 is 0 Å². The fourth-order valence-corrected chi connectivity index (χ4v) is 1.81. The minimum absolute atomic E-state index is 0.297. The molecule has 0 fully saturated rings. The van der Waals surface area contributed by atoms with Crippen LogP contribution in [0, 0.1) is 5.92 Å². The highest BCUT2D eigenvalue weighted by molar-refractivity contribution is 5.89. The third-order valence-corrected chi connectivity index (χ3v) is 3.54. The molecule has 1 aromatic rings. The number of unbranched alkanes of at least 4 members (excludes halogenated alkanes) is 1. The Morgan fingerprint density at radius 3 is 2.55 bits per heavy atom. The predicted octanol–water partition coefficient (Wildman–Crippen LogP) is 4.12. The molecule has 4 nitrogen and oxygen atoms in total. The molecule has 1 unspecified atom stereocenters. The second-order valence-corrected chi connectivity index (χ2v) is 5.58. The van der Waals surface area contributed by atoms with Gasteiger partial charge >= 0.3 is 5.97 Å². The van der Waals surface area contributed by atoms with Crippen LogP contribution in [0.15, 0.2) is 24.3 Å². The van der Waals surface area contributed by atoms with Gasteiger partial charge in [-0.1, -0.05) is 33.6 Å². The Kier molecular flexibility index (Phi) is 9.31. The number of carbonyl (C=O) groups excluding carboxylic acids is 1. The second-order valence-electron chi connectivity index (χ2n) is 5.58. The third kappa shape index (κ3) is 7.46. The number of rotatable bonds is 11. The lowest BCUT2D eigenvalue weighted by Crippen LogP contribution is -2.13. The van der Waals surface area contributed by atoms with Crippen LogP contribution in [0.2, 0.25) is 0 Å². The molecule has 22 heavy (non-hydrogen) atoms. The van der Waals surface area contributed by atoms with Gasteiger partial charge in [0.25, 0.3) is 0 Å². The molecule has 0 bridgehead atoms. The fourth-order valence-electron chi connectivity index (χ4n) is 1.81. The van der Waals surface area contributed by atoms with Crippen LogP contribution in [0.4, 0.5) is 5.69 Å². The van der Waals surface area contributed by atoms with Crippen LogP contribution < -0.4 is 5.32 Å². The number of benzene rings is 1. The molecule has 0 aliphatic heterocycles. The molecule has 124 valence electrons. The summed E-state index contributed by atoms with van der Waals surface area (Å²) in [5.41, 5.74) is 1.60. The van der Waals surface area contributed by atoms with E-state index in [1.165, 1.54) is 0 Å². The van der Waals surface area contributed by atoms with Crippen molar-refractivity contribution in [2.75, 3.05) is 31.7 Å². The summed E-state index contributed by atoms with van der Waals surface area (Å²) in [4.78, 5) is 11.9. The third-order valence-electron chi connectivity index (χ3n) is 3.54. The Balaban J connectivity index is 2.24. The van der Waals surface area contributed by atoms with Crippen molar-refractivity contribution in [3.63, 3.8) is 0 Å². The van der Waals surface area contributed by atoms with Gasteiger partial charge in [-0.2, -0.15) is 0 Å². The maximum Gasteiger partial charge on any atom is 0.338 e. The Morgan fingerprint density at radius 2 is 1.91 bits per heavy atom. The summed E-state index contributed by atoms with van der Waals surface area (Å²) in [6, 6.07) is 7.39. The van der Waals surface area contributed by atoms with Gasteiger partial charge < -0.3 is 14.8 Å². The molecule has 0 saturated heterocycles. The average molecular weight is 307 g/mol. The summed E-state index contributed by atoms with van der Waals surface area (Å²) in [7, 11) is 0. The van der Waals surface area contributed by atoms with Crippen molar-refractivity contribution in [3.8, 4) is 0 Å². The summed E-state index contributed by atoms with van der Waals surface area (Å²) < 4.78 is 10.7. The molecule has 1 aromatic carbocycles. The molecule has 0 heterocycles. The molecule has 0 amide bonds. The normalized spacial score (nSPS) is 12.0. The fraction of sp³-hybridized carbons (Fsp3) is 0.611. The molecule has 0 aromatic heterocycles. The number of esters is 1. The molecular formula is C18H29NO3. The van der Waals surface area contributed by atoms with E-state index in [0.29, 0.717) is 31.3 Å². The smallest absolute Gasteiger partial charge is 0.338 e. The molecule has 0 saturated carbocycles. The monoisotopic (exact) mass is 307 g/mol. The van der Waals surface area contributed by atoms with Crippen molar-refractivity contribution in [1.29, 1.82) is 0 Å². The predicted molar refractivity (Wildman–Crippen MR) is 90.4 cm³/mol. The summed E-state index contributed by atoms with van der Waals surface area (Å²) in [5.74, 6) is 0.246. The summed E-state index contributed by atoms with van der Waals surface area (Å²) in [6.07, 6.45) is 3.40. The zero-order chi connectivity index (χ0) is 16.2. The number of carbonyl (C=O) groups is 1. The van der Waals surface area contributed by atoms with Gasteiger partial charge in [-0.25, -0.2) is 4.79 Å². The van der Waals surface area contributed by atoms with E-state index in [1.807, 2.05) is 12.1 Å². The quantitative estimate of drug-likeness (QED) is 0.493. The highest BCUT2D eigenvalue weighted by Gasteiger charge is 2.07. The van der Waals surface area contributed by atoms with Crippen molar-refractivity contribution in [2.24, 2.45) is 5.92 Å². The van der Waals surface area contributed by atoms with E-state index in [0.717, 1.165) is 31.5 Å². The van der Waals surface area contributed by atoms with Crippen LogP contribution in [0.5, 0.6) is 0 Å². The van der Waals surface area contributed by atoms with Crippen LogP contribution in [0.3, 0.4) is 0 Å². The molecular weight excluding hydrogens is 278 g/mol. The Bertz CT molecular complexity index is 417. The molecule has 4 heteroatoms. The van der Waals surface area contributed by atoms with Crippen molar-refractivity contribution in [2.45, 2.75) is 40.0 Å². The second kappa shape index (κ2) is 11.1. The molecule has 1 rings (SSSR count). The van der Waals surface area contributed by atoms with Crippen LogP contribution in [0.25, 0.3) is 0 Å². The first-order chi connectivity index (χ1) is 10.7. The van der Waals surface area contributed by atoms with Gasteiger partial charge in [0.1, 0.15) is 6.61 Å². The number of ether oxygens (including phenoxy) is 2. The Labute approximate surface area is 134 Å². The van der Waals surface area contributed by atoms with Gasteiger partial charge in [0.15, 0.2) is 0 Å². The average Bonchev–Trinajstić information content (AvgIpc) is 2.55. The largest absolute Gasteiger partial charge is 0.460 e. The van der Waals surface area contributed by atoms with E-state index >= 15 is 0 Å². The van der Waals surface area contributed by atoms with Crippen molar-refractivity contribution in [1.82, 2.24) is 0 Å². The van der Waals surface area contributed by atoms with E-state index in [-0.39, 0.29) is 5.97 Å². The first-order valence-corrected chi connectivity index (χ1v) is 8.26. The van der Waals surface area contributed by atoms with E-state index in [2.05, 4.69) is 26.1 Å². The number of nitrogens with one attached hydrogen (secondary N) is 1. The van der Waals surface area contributed by atoms with E-state index < -0.39 is 0 Å². The molecule has 1 N–H and O–H groups in total. The topological polar surface area (TPSA) is 47.6 Å². The minimum Gasteiger partial charge on any atom is -0.460 e. The van der Waals surface area contributed by atoms with E-state index in [9.17, 15) is 4.79 Å². The molecule has 0 radical (unpaired) electrons. The number of anilines is 1. The number of hydrogen-bond donors (Lipinski definition) is 1. The maximum absolute atomic E-state index is 11.9. The first kappa shape index (κ1) is 18.5. The zero-order valence-electron chi connectivity index (χ0n) is 14.1. The van der Waals surface area contributed by atoms with Crippen molar-refractivity contribution in [3.05, 3.63) is 29.8 Å². The molecule has 0 aliphatic carbocycles. The Hall–Kier alpha value is -1.55. The lowest BCUT2D eigenvalue weighted by molar-refractivity contribution is 0.0265. The minimum atomic E-state index is -0.299. The van der Waals surface area contributed by atoms with Crippen molar-refractivity contribution < 1.29 is 14.3 Å². The van der Waals surface area contributed by atoms with Gasteiger partial charge in [0.2, 0.25) is 0 Å². The summed E-state index contributed by atoms with van der Waals surface area (Å²) in [5, 5.41) is 3.32. The van der Waals surface area contributed by atoms with Gasteiger partial charge in [-0.15, -0.1) is 0 Å². The van der Waals surface area contributed by atoms with Gasteiger partial charge in [0, 0.05) is 18.8 Å². The van der Waals surface area contributed by atoms with Crippen LogP contribution in [0.1, 0.15) is 50.4 Å². The van der Waals surface area contributed by atoms with Crippen molar-refractivity contribution >= 4 is 11.7 Å². The first-order valence-electron chi connectivity index (χ1n) is 8.26. The zero-order valence-corrected chi connectivity index (χ0v) is 14.1. The lowest BCUT2D eigenvalue weighted by atomic mass is 10.1. The maximum atomic E-state index is 11.9.